The summed E-state index contributed by atoms with van der Waals surface area (Å²) in [5.41, 5.74) is 0.665. The van der Waals surface area contributed by atoms with Gasteiger partial charge in [-0.05, 0) is 43.4 Å². The molecule has 0 atom stereocenters. The van der Waals surface area contributed by atoms with Crippen LogP contribution in [0.3, 0.4) is 0 Å². The van der Waals surface area contributed by atoms with Crippen molar-refractivity contribution in [3.05, 3.63) is 23.8 Å². The minimum atomic E-state index is -0.352. The van der Waals surface area contributed by atoms with Crippen molar-refractivity contribution in [2.24, 2.45) is 4.99 Å². The summed E-state index contributed by atoms with van der Waals surface area (Å²) in [6, 6.07) is 5.78. The van der Waals surface area contributed by atoms with Crippen LogP contribution in [0.4, 0.5) is 0 Å². The zero-order valence-electron chi connectivity index (χ0n) is 10.3. The van der Waals surface area contributed by atoms with E-state index in [0.29, 0.717) is 6.10 Å². The molecule has 0 bridgehead atoms. The second-order valence-electron chi connectivity index (χ2n) is 4.92. The summed E-state index contributed by atoms with van der Waals surface area (Å²) >= 11 is 0. The molecule has 1 aromatic rings. The lowest BCUT2D eigenvalue weighted by atomic mass is 10.0. The first-order chi connectivity index (χ1) is 8.77. The fourth-order valence-electron chi connectivity index (χ4n) is 2.09. The van der Waals surface area contributed by atoms with E-state index in [-0.39, 0.29) is 5.54 Å². The Morgan fingerprint density at radius 3 is 2.67 bits per heavy atom. The molecule has 94 valence electrons. The third-order valence-corrected chi connectivity index (χ3v) is 3.50. The number of rotatable bonds is 5. The molecule has 0 saturated heterocycles. The van der Waals surface area contributed by atoms with E-state index in [0.717, 1.165) is 42.7 Å². The first-order valence-electron chi connectivity index (χ1n) is 6.22. The molecule has 4 nitrogen and oxygen atoms in total. The van der Waals surface area contributed by atoms with E-state index in [9.17, 15) is 4.79 Å². The average Bonchev–Trinajstić information content (AvgIpc) is 3.26. The first kappa shape index (κ1) is 11.3. The molecule has 2 saturated carbocycles. The Labute approximate surface area is 106 Å². The SMILES string of the molecule is COc1ccc(C2(N=C=O)CC2)cc1OC1CC1. The van der Waals surface area contributed by atoms with E-state index in [1.165, 1.54) is 0 Å². The van der Waals surface area contributed by atoms with Crippen molar-refractivity contribution >= 4 is 6.08 Å². The number of benzene rings is 1. The maximum Gasteiger partial charge on any atom is 0.235 e. The molecule has 3 rings (SSSR count). The van der Waals surface area contributed by atoms with E-state index in [4.69, 9.17) is 9.47 Å². The van der Waals surface area contributed by atoms with Gasteiger partial charge in [-0.3, -0.25) is 0 Å². The molecular weight excluding hydrogens is 230 g/mol. The molecule has 0 aromatic heterocycles. The van der Waals surface area contributed by atoms with Crippen LogP contribution in [0.15, 0.2) is 23.2 Å². The molecule has 0 radical (unpaired) electrons. The number of nitrogens with zero attached hydrogens (tertiary/aromatic N) is 1. The Kier molecular flexibility index (Phi) is 2.60. The Morgan fingerprint density at radius 2 is 2.11 bits per heavy atom. The second kappa shape index (κ2) is 4.14. The Bertz CT molecular complexity index is 512. The van der Waals surface area contributed by atoms with Gasteiger partial charge in [0, 0.05) is 0 Å². The number of ether oxygens (including phenoxy) is 2. The van der Waals surface area contributed by atoms with E-state index >= 15 is 0 Å². The zero-order chi connectivity index (χ0) is 12.6. The van der Waals surface area contributed by atoms with Crippen LogP contribution in [0.1, 0.15) is 31.2 Å². The van der Waals surface area contributed by atoms with Crippen LogP contribution in [0.25, 0.3) is 0 Å². The number of carbonyl (C=O) groups excluding carboxylic acids is 1. The van der Waals surface area contributed by atoms with Gasteiger partial charge in [0.1, 0.15) is 0 Å². The van der Waals surface area contributed by atoms with Crippen molar-refractivity contribution < 1.29 is 14.3 Å². The van der Waals surface area contributed by atoms with Gasteiger partial charge < -0.3 is 9.47 Å². The normalized spacial score (nSPS) is 19.8. The summed E-state index contributed by atoms with van der Waals surface area (Å²) in [5, 5.41) is 0. The van der Waals surface area contributed by atoms with Crippen molar-refractivity contribution in [2.45, 2.75) is 37.3 Å². The molecule has 2 fully saturated rings. The fourth-order valence-corrected chi connectivity index (χ4v) is 2.09. The predicted octanol–water partition coefficient (Wildman–Crippen LogP) is 2.56. The van der Waals surface area contributed by atoms with Crippen molar-refractivity contribution in [3.8, 4) is 11.5 Å². The van der Waals surface area contributed by atoms with Gasteiger partial charge in [0.15, 0.2) is 11.5 Å². The van der Waals surface area contributed by atoms with Crippen LogP contribution >= 0.6 is 0 Å². The molecule has 2 aliphatic rings. The van der Waals surface area contributed by atoms with Gasteiger partial charge in [0.05, 0.1) is 18.8 Å². The number of methoxy groups -OCH3 is 1. The summed E-state index contributed by atoms with van der Waals surface area (Å²) < 4.78 is 11.1. The largest absolute Gasteiger partial charge is 0.493 e. The molecule has 0 spiro atoms. The maximum atomic E-state index is 10.5. The van der Waals surface area contributed by atoms with Gasteiger partial charge in [0.25, 0.3) is 0 Å². The first-order valence-corrected chi connectivity index (χ1v) is 6.22. The highest BCUT2D eigenvalue weighted by Crippen LogP contribution is 2.51. The third kappa shape index (κ3) is 2.00. The minimum Gasteiger partial charge on any atom is -0.493 e. The van der Waals surface area contributed by atoms with Crippen LogP contribution in [0.5, 0.6) is 11.5 Å². The number of aliphatic imine (C=N–C) groups is 1. The van der Waals surface area contributed by atoms with Crippen LogP contribution < -0.4 is 9.47 Å². The van der Waals surface area contributed by atoms with Gasteiger partial charge in [0.2, 0.25) is 6.08 Å². The van der Waals surface area contributed by atoms with E-state index < -0.39 is 0 Å². The third-order valence-electron chi connectivity index (χ3n) is 3.50. The Balaban J connectivity index is 1.93. The maximum absolute atomic E-state index is 10.5. The van der Waals surface area contributed by atoms with Crippen molar-refractivity contribution in [2.75, 3.05) is 7.11 Å². The number of hydrogen-bond donors (Lipinski definition) is 0. The predicted molar refractivity (Wildman–Crippen MR) is 65.7 cm³/mol. The molecule has 18 heavy (non-hydrogen) atoms. The van der Waals surface area contributed by atoms with Crippen molar-refractivity contribution in [1.82, 2.24) is 0 Å². The van der Waals surface area contributed by atoms with E-state index in [1.807, 2.05) is 18.2 Å². The Morgan fingerprint density at radius 1 is 1.33 bits per heavy atom. The molecule has 0 unspecified atom stereocenters. The van der Waals surface area contributed by atoms with Gasteiger partial charge >= 0.3 is 0 Å². The van der Waals surface area contributed by atoms with Crippen LogP contribution in [0.2, 0.25) is 0 Å². The monoisotopic (exact) mass is 245 g/mol. The molecule has 0 N–H and O–H groups in total. The molecule has 0 heterocycles. The molecule has 2 aliphatic carbocycles. The Hall–Kier alpha value is -1.80. The van der Waals surface area contributed by atoms with Gasteiger partial charge in [-0.2, -0.15) is 4.99 Å². The molecule has 1 aromatic carbocycles. The van der Waals surface area contributed by atoms with Crippen LogP contribution in [-0.2, 0) is 10.3 Å². The summed E-state index contributed by atoms with van der Waals surface area (Å²) in [7, 11) is 1.63. The zero-order valence-corrected chi connectivity index (χ0v) is 10.3. The minimum absolute atomic E-state index is 0.318. The van der Waals surface area contributed by atoms with Gasteiger partial charge in [-0.15, -0.1) is 0 Å². The lowest BCUT2D eigenvalue weighted by Crippen LogP contribution is -2.05. The van der Waals surface area contributed by atoms with Crippen LogP contribution in [-0.4, -0.2) is 19.3 Å². The van der Waals surface area contributed by atoms with Crippen molar-refractivity contribution in [1.29, 1.82) is 0 Å². The van der Waals surface area contributed by atoms with E-state index in [1.54, 1.807) is 13.2 Å². The molecule has 0 amide bonds. The summed E-state index contributed by atoms with van der Waals surface area (Å²) in [6.45, 7) is 0. The standard InChI is InChI=1S/C14H15NO3/c1-17-12-5-2-10(14(6-7-14)15-9-16)8-13(12)18-11-3-4-11/h2,5,8,11H,3-4,6-7H2,1H3. The topological polar surface area (TPSA) is 47.9 Å². The van der Waals surface area contributed by atoms with Crippen molar-refractivity contribution in [3.63, 3.8) is 0 Å². The van der Waals surface area contributed by atoms with E-state index in [2.05, 4.69) is 4.99 Å². The highest BCUT2D eigenvalue weighted by Gasteiger charge is 2.45. The van der Waals surface area contributed by atoms with Gasteiger partial charge in [-0.1, -0.05) is 6.07 Å². The molecule has 4 heteroatoms. The number of hydrogen-bond acceptors (Lipinski definition) is 4. The summed E-state index contributed by atoms with van der Waals surface area (Å²) in [6.07, 6.45) is 6.00. The number of isocyanates is 1. The lowest BCUT2D eigenvalue weighted by Gasteiger charge is -2.14. The summed E-state index contributed by atoms with van der Waals surface area (Å²) in [5.74, 6) is 1.49. The second-order valence-corrected chi connectivity index (χ2v) is 4.92. The lowest BCUT2D eigenvalue weighted by molar-refractivity contribution is 0.281. The summed E-state index contributed by atoms with van der Waals surface area (Å²) in [4.78, 5) is 14.4. The average molecular weight is 245 g/mol. The van der Waals surface area contributed by atoms with Gasteiger partial charge in [-0.25, -0.2) is 4.79 Å². The molecular formula is C14H15NO3. The van der Waals surface area contributed by atoms with Crippen LogP contribution in [0, 0.1) is 0 Å². The highest BCUT2D eigenvalue weighted by molar-refractivity contribution is 5.49. The fraction of sp³-hybridized carbons (Fsp3) is 0.500. The highest BCUT2D eigenvalue weighted by atomic mass is 16.5. The molecule has 0 aliphatic heterocycles. The quantitative estimate of drug-likeness (QED) is 0.591. The smallest absolute Gasteiger partial charge is 0.235 e.